The summed E-state index contributed by atoms with van der Waals surface area (Å²) in [4.78, 5) is 3.48. The SMILES string of the molecule is [C-]#[N+]c1ccccc1Oc1ccccc1C(C)(C)C. The summed E-state index contributed by atoms with van der Waals surface area (Å²) in [6.45, 7) is 13.6. The predicted molar refractivity (Wildman–Crippen MR) is 77.9 cm³/mol. The Morgan fingerprint density at radius 1 is 0.895 bits per heavy atom. The number of nitrogens with zero attached hydrogens (tertiary/aromatic N) is 1. The summed E-state index contributed by atoms with van der Waals surface area (Å²) in [6.07, 6.45) is 0. The van der Waals surface area contributed by atoms with Gasteiger partial charge >= 0.3 is 0 Å². The lowest BCUT2D eigenvalue weighted by Gasteiger charge is -2.22. The van der Waals surface area contributed by atoms with E-state index >= 15 is 0 Å². The highest BCUT2D eigenvalue weighted by Gasteiger charge is 2.19. The quantitative estimate of drug-likeness (QED) is 0.658. The van der Waals surface area contributed by atoms with Gasteiger partial charge in [0.05, 0.1) is 6.57 Å². The van der Waals surface area contributed by atoms with Crippen molar-refractivity contribution < 1.29 is 4.74 Å². The number of benzene rings is 2. The van der Waals surface area contributed by atoms with Crippen molar-refractivity contribution >= 4 is 5.69 Å². The topological polar surface area (TPSA) is 13.6 Å². The van der Waals surface area contributed by atoms with Crippen LogP contribution in [-0.2, 0) is 5.41 Å². The Morgan fingerprint density at radius 3 is 2.11 bits per heavy atom. The molecule has 0 saturated heterocycles. The van der Waals surface area contributed by atoms with Crippen LogP contribution in [-0.4, -0.2) is 0 Å². The molecule has 0 saturated carbocycles. The summed E-state index contributed by atoms with van der Waals surface area (Å²) >= 11 is 0. The molecule has 0 spiro atoms. The average molecular weight is 251 g/mol. The molecule has 2 aromatic carbocycles. The molecule has 0 aromatic heterocycles. The maximum atomic E-state index is 7.17. The van der Waals surface area contributed by atoms with E-state index in [4.69, 9.17) is 11.3 Å². The van der Waals surface area contributed by atoms with Crippen LogP contribution in [0.25, 0.3) is 4.85 Å². The van der Waals surface area contributed by atoms with Gasteiger partial charge in [0.1, 0.15) is 11.5 Å². The van der Waals surface area contributed by atoms with E-state index in [-0.39, 0.29) is 5.41 Å². The molecule has 0 fully saturated rings. The molecule has 0 aliphatic heterocycles. The molecule has 0 heterocycles. The second kappa shape index (κ2) is 5.16. The van der Waals surface area contributed by atoms with Crippen molar-refractivity contribution in [2.24, 2.45) is 0 Å². The first-order valence-corrected chi connectivity index (χ1v) is 6.26. The molecular formula is C17H17NO. The van der Waals surface area contributed by atoms with Gasteiger partial charge in [-0.3, -0.25) is 0 Å². The fraction of sp³-hybridized carbons (Fsp3) is 0.235. The fourth-order valence-electron chi connectivity index (χ4n) is 1.93. The first-order valence-electron chi connectivity index (χ1n) is 6.26. The number of hydrogen-bond acceptors (Lipinski definition) is 1. The minimum Gasteiger partial charge on any atom is -0.468 e. The highest BCUT2D eigenvalue weighted by molar-refractivity contribution is 5.58. The Morgan fingerprint density at radius 2 is 1.47 bits per heavy atom. The normalized spacial score (nSPS) is 10.8. The van der Waals surface area contributed by atoms with Crippen molar-refractivity contribution in [2.45, 2.75) is 26.2 Å². The van der Waals surface area contributed by atoms with Crippen LogP contribution in [0.4, 0.5) is 5.69 Å². The van der Waals surface area contributed by atoms with Crippen molar-refractivity contribution in [1.82, 2.24) is 0 Å². The van der Waals surface area contributed by atoms with Crippen LogP contribution in [0.3, 0.4) is 0 Å². The molecule has 0 aliphatic rings. The highest BCUT2D eigenvalue weighted by Crippen LogP contribution is 2.37. The molecule has 19 heavy (non-hydrogen) atoms. The fourth-order valence-corrected chi connectivity index (χ4v) is 1.93. The third-order valence-electron chi connectivity index (χ3n) is 2.90. The third kappa shape index (κ3) is 2.95. The van der Waals surface area contributed by atoms with Crippen LogP contribution in [0.2, 0.25) is 0 Å². The molecule has 96 valence electrons. The van der Waals surface area contributed by atoms with Gasteiger partial charge in [0.25, 0.3) is 0 Å². The van der Waals surface area contributed by atoms with Gasteiger partial charge in [-0.15, -0.1) is 0 Å². The molecule has 0 atom stereocenters. The van der Waals surface area contributed by atoms with E-state index in [9.17, 15) is 0 Å². The number of hydrogen-bond donors (Lipinski definition) is 0. The molecule has 0 unspecified atom stereocenters. The molecule has 2 nitrogen and oxygen atoms in total. The summed E-state index contributed by atoms with van der Waals surface area (Å²) in [6, 6.07) is 15.3. The maximum Gasteiger partial charge on any atom is 0.228 e. The van der Waals surface area contributed by atoms with E-state index in [2.05, 4.69) is 31.7 Å². The smallest absolute Gasteiger partial charge is 0.228 e. The molecule has 0 N–H and O–H groups in total. The van der Waals surface area contributed by atoms with Gasteiger partial charge < -0.3 is 4.74 Å². The van der Waals surface area contributed by atoms with Crippen LogP contribution in [0.5, 0.6) is 11.5 Å². The molecule has 0 amide bonds. The lowest BCUT2D eigenvalue weighted by molar-refractivity contribution is 0.457. The Balaban J connectivity index is 2.43. The summed E-state index contributed by atoms with van der Waals surface area (Å²) in [7, 11) is 0. The summed E-state index contributed by atoms with van der Waals surface area (Å²) in [5, 5.41) is 0. The van der Waals surface area contributed by atoms with Crippen molar-refractivity contribution in [1.29, 1.82) is 0 Å². The Labute approximate surface area is 114 Å². The van der Waals surface area contributed by atoms with E-state index in [0.29, 0.717) is 11.4 Å². The van der Waals surface area contributed by atoms with E-state index < -0.39 is 0 Å². The minimum absolute atomic E-state index is 0.00362. The zero-order valence-electron chi connectivity index (χ0n) is 11.5. The van der Waals surface area contributed by atoms with Crippen molar-refractivity contribution in [3.05, 3.63) is 65.5 Å². The first-order chi connectivity index (χ1) is 9.02. The number of rotatable bonds is 2. The maximum absolute atomic E-state index is 7.17. The Bertz CT molecular complexity index is 618. The summed E-state index contributed by atoms with van der Waals surface area (Å²) < 4.78 is 5.94. The Kier molecular flexibility index (Phi) is 3.57. The van der Waals surface area contributed by atoms with E-state index in [1.165, 1.54) is 0 Å². The largest absolute Gasteiger partial charge is 0.468 e. The second-order valence-electron chi connectivity index (χ2n) is 5.43. The first kappa shape index (κ1) is 13.2. The van der Waals surface area contributed by atoms with Crippen LogP contribution < -0.4 is 4.74 Å². The molecule has 0 aliphatic carbocycles. The Hall–Kier alpha value is -2.27. The number of ether oxygens (including phenoxy) is 1. The van der Waals surface area contributed by atoms with Gasteiger partial charge in [-0.05, 0) is 17.5 Å². The van der Waals surface area contributed by atoms with Gasteiger partial charge in [-0.2, -0.15) is 0 Å². The second-order valence-corrected chi connectivity index (χ2v) is 5.43. The summed E-state index contributed by atoms with van der Waals surface area (Å²) in [5.74, 6) is 1.42. The lowest BCUT2D eigenvalue weighted by Crippen LogP contribution is -2.12. The molecule has 0 bridgehead atoms. The van der Waals surface area contributed by atoms with E-state index in [0.717, 1.165) is 11.3 Å². The van der Waals surface area contributed by atoms with E-state index in [1.54, 1.807) is 6.07 Å². The standard InChI is InChI=1S/C17H17NO/c1-17(2,3)13-9-5-7-11-15(13)19-16-12-8-6-10-14(16)18-4/h5-12H,1-3H3. The lowest BCUT2D eigenvalue weighted by atomic mass is 9.86. The van der Waals surface area contributed by atoms with Crippen molar-refractivity contribution in [2.75, 3.05) is 0 Å². The van der Waals surface area contributed by atoms with Crippen LogP contribution in [0, 0.1) is 6.57 Å². The molecule has 0 radical (unpaired) electrons. The average Bonchev–Trinajstić information content (AvgIpc) is 2.39. The van der Waals surface area contributed by atoms with Crippen molar-refractivity contribution in [3.8, 4) is 11.5 Å². The number of para-hydroxylation sites is 3. The monoisotopic (exact) mass is 251 g/mol. The van der Waals surface area contributed by atoms with Gasteiger partial charge in [-0.25, -0.2) is 4.85 Å². The molecule has 2 rings (SSSR count). The zero-order valence-corrected chi connectivity index (χ0v) is 11.5. The highest BCUT2D eigenvalue weighted by atomic mass is 16.5. The molecular weight excluding hydrogens is 234 g/mol. The molecule has 2 aromatic rings. The molecule has 2 heteroatoms. The van der Waals surface area contributed by atoms with Gasteiger partial charge in [-0.1, -0.05) is 57.2 Å². The third-order valence-corrected chi connectivity index (χ3v) is 2.90. The summed E-state index contributed by atoms with van der Waals surface area (Å²) in [5.41, 5.74) is 1.67. The van der Waals surface area contributed by atoms with E-state index in [1.807, 2.05) is 36.4 Å². The minimum atomic E-state index is 0.00362. The predicted octanol–water partition coefficient (Wildman–Crippen LogP) is 5.33. The van der Waals surface area contributed by atoms with Gasteiger partial charge in [0.2, 0.25) is 5.69 Å². The van der Waals surface area contributed by atoms with Crippen LogP contribution in [0.15, 0.2) is 48.5 Å². The van der Waals surface area contributed by atoms with Crippen molar-refractivity contribution in [3.63, 3.8) is 0 Å². The zero-order chi connectivity index (χ0) is 13.9. The van der Waals surface area contributed by atoms with Gasteiger partial charge in [0.15, 0.2) is 0 Å². The van der Waals surface area contributed by atoms with Crippen LogP contribution in [0.1, 0.15) is 26.3 Å². The van der Waals surface area contributed by atoms with Crippen LogP contribution >= 0.6 is 0 Å². The van der Waals surface area contributed by atoms with Gasteiger partial charge in [0, 0.05) is 5.56 Å².